The number of fused-ring (bicyclic) bond motifs is 1. The van der Waals surface area contributed by atoms with Crippen LogP contribution in [0.1, 0.15) is 26.2 Å². The van der Waals surface area contributed by atoms with E-state index in [1.54, 1.807) is 6.20 Å². The lowest BCUT2D eigenvalue weighted by molar-refractivity contribution is -0.126. The van der Waals surface area contributed by atoms with Gasteiger partial charge in [-0.1, -0.05) is 18.2 Å². The summed E-state index contributed by atoms with van der Waals surface area (Å²) >= 11 is 0. The average Bonchev–Trinajstić information content (AvgIpc) is 2.61. The molecule has 1 aliphatic heterocycles. The van der Waals surface area contributed by atoms with E-state index in [-0.39, 0.29) is 11.8 Å². The first-order valence-corrected chi connectivity index (χ1v) is 8.71. The molecule has 0 bridgehead atoms. The first kappa shape index (κ1) is 16.7. The SMILES string of the molecule is C[C@H]1C[C@@H](C(=O)NCCCOc2cccc3cccnc23)CCN1. The quantitative estimate of drug-likeness (QED) is 0.800. The van der Waals surface area contributed by atoms with Crippen LogP contribution < -0.4 is 15.4 Å². The van der Waals surface area contributed by atoms with Gasteiger partial charge in [0.1, 0.15) is 11.3 Å². The van der Waals surface area contributed by atoms with Crippen LogP contribution in [0.3, 0.4) is 0 Å². The Balaban J connectivity index is 1.41. The maximum absolute atomic E-state index is 12.2. The molecule has 0 aliphatic carbocycles. The Morgan fingerprint density at radius 3 is 3.12 bits per heavy atom. The minimum atomic E-state index is 0.143. The van der Waals surface area contributed by atoms with E-state index in [9.17, 15) is 4.79 Å². The van der Waals surface area contributed by atoms with Crippen molar-refractivity contribution >= 4 is 16.8 Å². The number of aromatic nitrogens is 1. The molecule has 2 N–H and O–H groups in total. The summed E-state index contributed by atoms with van der Waals surface area (Å²) in [7, 11) is 0. The van der Waals surface area contributed by atoms with E-state index >= 15 is 0 Å². The van der Waals surface area contributed by atoms with Crippen LogP contribution in [-0.2, 0) is 4.79 Å². The molecule has 1 saturated heterocycles. The Labute approximate surface area is 142 Å². The van der Waals surface area contributed by atoms with Gasteiger partial charge in [-0.15, -0.1) is 0 Å². The monoisotopic (exact) mass is 327 g/mol. The summed E-state index contributed by atoms with van der Waals surface area (Å²) in [6.45, 7) is 4.27. The lowest BCUT2D eigenvalue weighted by Crippen LogP contribution is -2.42. The number of carbonyl (C=O) groups excluding carboxylic acids is 1. The third-order valence-corrected chi connectivity index (χ3v) is 4.47. The lowest BCUT2D eigenvalue weighted by Gasteiger charge is -2.27. The second-order valence-corrected chi connectivity index (χ2v) is 6.40. The number of rotatable bonds is 6. The Bertz CT molecular complexity index is 684. The number of amides is 1. The van der Waals surface area contributed by atoms with Crippen LogP contribution in [0.25, 0.3) is 10.9 Å². The summed E-state index contributed by atoms with van der Waals surface area (Å²) in [6.07, 6.45) is 4.41. The predicted molar refractivity (Wildman–Crippen MR) is 95.1 cm³/mol. The number of nitrogens with zero attached hydrogens (tertiary/aromatic N) is 1. The van der Waals surface area contributed by atoms with Crippen molar-refractivity contribution in [3.8, 4) is 5.75 Å². The molecule has 2 aromatic rings. The minimum Gasteiger partial charge on any atom is -0.491 e. The summed E-state index contributed by atoms with van der Waals surface area (Å²) in [5.41, 5.74) is 0.882. The molecular formula is C19H25N3O2. The molecule has 0 spiro atoms. The molecule has 2 heterocycles. The van der Waals surface area contributed by atoms with Crippen molar-refractivity contribution in [3.05, 3.63) is 36.5 Å². The van der Waals surface area contributed by atoms with Crippen molar-refractivity contribution in [2.24, 2.45) is 5.92 Å². The van der Waals surface area contributed by atoms with E-state index < -0.39 is 0 Å². The fourth-order valence-corrected chi connectivity index (χ4v) is 3.17. The van der Waals surface area contributed by atoms with E-state index in [0.29, 0.717) is 19.2 Å². The molecule has 5 heteroatoms. The van der Waals surface area contributed by atoms with Crippen molar-refractivity contribution < 1.29 is 9.53 Å². The zero-order valence-corrected chi connectivity index (χ0v) is 14.1. The van der Waals surface area contributed by atoms with Crippen molar-refractivity contribution in [1.29, 1.82) is 0 Å². The summed E-state index contributed by atoms with van der Waals surface area (Å²) in [6, 6.07) is 10.3. The van der Waals surface area contributed by atoms with Gasteiger partial charge in [0.25, 0.3) is 0 Å². The zero-order valence-electron chi connectivity index (χ0n) is 14.1. The standard InChI is InChI=1S/C19H25N3O2/c1-14-13-16(8-11-20-14)19(23)22-10-4-12-24-17-7-2-5-15-6-3-9-21-18(15)17/h2-3,5-7,9,14,16,20H,4,8,10-13H2,1H3,(H,22,23)/t14-,16-/m0/s1. The van der Waals surface area contributed by atoms with Crippen LogP contribution >= 0.6 is 0 Å². The van der Waals surface area contributed by atoms with Gasteiger partial charge in [-0.3, -0.25) is 9.78 Å². The van der Waals surface area contributed by atoms with Gasteiger partial charge in [-0.25, -0.2) is 0 Å². The smallest absolute Gasteiger partial charge is 0.223 e. The average molecular weight is 327 g/mol. The molecule has 0 saturated carbocycles. The summed E-state index contributed by atoms with van der Waals surface area (Å²) in [5.74, 6) is 1.12. The number of pyridine rings is 1. The number of hydrogen-bond acceptors (Lipinski definition) is 4. The molecular weight excluding hydrogens is 302 g/mol. The van der Waals surface area contributed by atoms with Gasteiger partial charge in [0, 0.05) is 30.1 Å². The Hall–Kier alpha value is -2.14. The normalized spacial score (nSPS) is 20.7. The van der Waals surface area contributed by atoms with Gasteiger partial charge in [-0.2, -0.15) is 0 Å². The molecule has 1 aromatic heterocycles. The number of nitrogens with one attached hydrogen (secondary N) is 2. The molecule has 2 atom stereocenters. The number of carbonyl (C=O) groups is 1. The molecule has 3 rings (SSSR count). The van der Waals surface area contributed by atoms with Crippen molar-refractivity contribution in [2.75, 3.05) is 19.7 Å². The molecule has 1 amide bonds. The van der Waals surface area contributed by atoms with Crippen LogP contribution in [0.2, 0.25) is 0 Å². The van der Waals surface area contributed by atoms with Crippen molar-refractivity contribution in [1.82, 2.24) is 15.6 Å². The van der Waals surface area contributed by atoms with E-state index in [2.05, 4.69) is 22.5 Å². The van der Waals surface area contributed by atoms with E-state index in [1.807, 2.05) is 30.3 Å². The Morgan fingerprint density at radius 1 is 1.38 bits per heavy atom. The molecule has 24 heavy (non-hydrogen) atoms. The molecule has 5 nitrogen and oxygen atoms in total. The Morgan fingerprint density at radius 2 is 2.25 bits per heavy atom. The number of benzene rings is 1. The predicted octanol–water partition coefficient (Wildman–Crippen LogP) is 2.51. The Kier molecular flexibility index (Phi) is 5.64. The topological polar surface area (TPSA) is 63.2 Å². The maximum Gasteiger partial charge on any atom is 0.223 e. The van der Waals surface area contributed by atoms with E-state index in [0.717, 1.165) is 42.5 Å². The highest BCUT2D eigenvalue weighted by molar-refractivity contribution is 5.84. The fraction of sp³-hybridized carbons (Fsp3) is 0.474. The van der Waals surface area contributed by atoms with Crippen LogP contribution in [0.5, 0.6) is 5.75 Å². The summed E-state index contributed by atoms with van der Waals surface area (Å²) in [4.78, 5) is 16.5. The largest absolute Gasteiger partial charge is 0.491 e. The third kappa shape index (κ3) is 4.23. The summed E-state index contributed by atoms with van der Waals surface area (Å²) < 4.78 is 5.84. The number of para-hydroxylation sites is 1. The zero-order chi connectivity index (χ0) is 16.8. The van der Waals surface area contributed by atoms with Crippen LogP contribution in [0, 0.1) is 5.92 Å². The van der Waals surface area contributed by atoms with Gasteiger partial charge >= 0.3 is 0 Å². The first-order chi connectivity index (χ1) is 11.7. The van der Waals surface area contributed by atoms with Crippen molar-refractivity contribution in [3.63, 3.8) is 0 Å². The fourth-order valence-electron chi connectivity index (χ4n) is 3.17. The molecule has 1 aliphatic rings. The highest BCUT2D eigenvalue weighted by atomic mass is 16.5. The molecule has 128 valence electrons. The first-order valence-electron chi connectivity index (χ1n) is 8.71. The lowest BCUT2D eigenvalue weighted by atomic mass is 9.92. The van der Waals surface area contributed by atoms with Crippen LogP contribution in [0.15, 0.2) is 36.5 Å². The highest BCUT2D eigenvalue weighted by Gasteiger charge is 2.24. The van der Waals surface area contributed by atoms with Gasteiger partial charge in [0.2, 0.25) is 5.91 Å². The highest BCUT2D eigenvalue weighted by Crippen LogP contribution is 2.22. The molecule has 1 aromatic carbocycles. The van der Waals surface area contributed by atoms with Crippen molar-refractivity contribution in [2.45, 2.75) is 32.2 Å². The molecule has 0 unspecified atom stereocenters. The van der Waals surface area contributed by atoms with Gasteiger partial charge in [-0.05, 0) is 44.9 Å². The van der Waals surface area contributed by atoms with Crippen LogP contribution in [0.4, 0.5) is 0 Å². The van der Waals surface area contributed by atoms with E-state index in [4.69, 9.17) is 4.74 Å². The number of ether oxygens (including phenoxy) is 1. The molecule has 1 fully saturated rings. The molecule has 0 radical (unpaired) electrons. The van der Waals surface area contributed by atoms with E-state index in [1.165, 1.54) is 0 Å². The number of piperidine rings is 1. The number of hydrogen-bond donors (Lipinski definition) is 2. The van der Waals surface area contributed by atoms with Crippen LogP contribution in [-0.4, -0.2) is 36.6 Å². The third-order valence-electron chi connectivity index (χ3n) is 4.47. The maximum atomic E-state index is 12.2. The summed E-state index contributed by atoms with van der Waals surface area (Å²) in [5, 5.41) is 7.48. The van der Waals surface area contributed by atoms with Gasteiger partial charge in [0.05, 0.1) is 6.61 Å². The second-order valence-electron chi connectivity index (χ2n) is 6.40. The van der Waals surface area contributed by atoms with Gasteiger partial charge < -0.3 is 15.4 Å². The second kappa shape index (κ2) is 8.11. The minimum absolute atomic E-state index is 0.143. The van der Waals surface area contributed by atoms with Gasteiger partial charge in [0.15, 0.2) is 0 Å².